The third-order valence-electron chi connectivity index (χ3n) is 6.42. The van der Waals surface area contributed by atoms with E-state index in [1.165, 1.54) is 28.0 Å². The number of rotatable bonds is 7. The first-order valence-electron chi connectivity index (χ1n) is 10.6. The van der Waals surface area contributed by atoms with Crippen molar-refractivity contribution in [3.63, 3.8) is 0 Å². The van der Waals surface area contributed by atoms with Crippen LogP contribution in [0.1, 0.15) is 48.3 Å². The maximum absolute atomic E-state index is 11.0. The SMILES string of the molecule is N[C@]1(COP(=O)(O)O)CC[C@@H](c2ccc3c(c2)CC[C@H](CSc2ccccc2)C3)C1. The van der Waals surface area contributed by atoms with E-state index in [4.69, 9.17) is 20.0 Å². The first-order chi connectivity index (χ1) is 14.3. The molecule has 162 valence electrons. The maximum atomic E-state index is 11.0. The van der Waals surface area contributed by atoms with E-state index < -0.39 is 13.4 Å². The summed E-state index contributed by atoms with van der Waals surface area (Å²) in [6.07, 6.45) is 5.81. The van der Waals surface area contributed by atoms with Crippen LogP contribution in [0.2, 0.25) is 0 Å². The van der Waals surface area contributed by atoms with Crippen LogP contribution in [0.5, 0.6) is 0 Å². The summed E-state index contributed by atoms with van der Waals surface area (Å²) >= 11 is 1.95. The van der Waals surface area contributed by atoms with Gasteiger partial charge in [0.05, 0.1) is 6.61 Å². The Bertz CT molecular complexity index is 919. The Hall–Kier alpha value is -1.14. The predicted molar refractivity (Wildman–Crippen MR) is 121 cm³/mol. The second kappa shape index (κ2) is 9.15. The standard InChI is InChI=1S/C23H30NO4PS/c24-23(16-28-29(25,26)27)11-10-21(14-23)20-9-8-18-12-17(6-7-19(18)13-20)15-30-22-4-2-1-3-5-22/h1-5,8-9,13,17,21H,6-7,10-12,14-16,24H2,(H2,25,26,27)/t17-,21+,23+/m0/s1. The molecule has 1 fully saturated rings. The van der Waals surface area contributed by atoms with Crippen molar-refractivity contribution in [1.82, 2.24) is 0 Å². The van der Waals surface area contributed by atoms with Crippen LogP contribution in [0.15, 0.2) is 53.4 Å². The zero-order valence-electron chi connectivity index (χ0n) is 17.1. The van der Waals surface area contributed by atoms with Gasteiger partial charge in [-0.3, -0.25) is 4.52 Å². The van der Waals surface area contributed by atoms with Gasteiger partial charge < -0.3 is 15.5 Å². The van der Waals surface area contributed by atoms with Crippen LogP contribution in [0.25, 0.3) is 0 Å². The molecule has 0 saturated heterocycles. The van der Waals surface area contributed by atoms with Gasteiger partial charge in [0.2, 0.25) is 0 Å². The second-order valence-corrected chi connectivity index (χ2v) is 11.2. The molecule has 2 aromatic carbocycles. The van der Waals surface area contributed by atoms with Crippen LogP contribution in [-0.2, 0) is 21.9 Å². The molecular formula is C23H30NO4PS. The molecule has 0 bridgehead atoms. The smallest absolute Gasteiger partial charge is 0.323 e. The van der Waals surface area contributed by atoms with Gasteiger partial charge in [-0.1, -0.05) is 36.4 Å². The van der Waals surface area contributed by atoms with Crippen LogP contribution in [-0.4, -0.2) is 27.7 Å². The average molecular weight is 448 g/mol. The summed E-state index contributed by atoms with van der Waals surface area (Å²) in [7, 11) is -4.48. The lowest BCUT2D eigenvalue weighted by atomic mass is 9.82. The number of aryl methyl sites for hydroxylation is 1. The zero-order chi connectivity index (χ0) is 21.2. The number of fused-ring (bicyclic) bond motifs is 1. The molecule has 4 N–H and O–H groups in total. The molecule has 0 spiro atoms. The third kappa shape index (κ3) is 5.76. The summed E-state index contributed by atoms with van der Waals surface area (Å²) in [5.41, 5.74) is 9.91. The molecule has 0 amide bonds. The van der Waals surface area contributed by atoms with E-state index in [0.717, 1.165) is 25.0 Å². The van der Waals surface area contributed by atoms with E-state index in [-0.39, 0.29) is 6.61 Å². The number of hydrogen-bond acceptors (Lipinski definition) is 4. The van der Waals surface area contributed by atoms with E-state index in [1.54, 1.807) is 0 Å². The molecule has 0 aliphatic heterocycles. The Morgan fingerprint density at radius 2 is 1.93 bits per heavy atom. The summed E-state index contributed by atoms with van der Waals surface area (Å²) in [4.78, 5) is 19.3. The van der Waals surface area contributed by atoms with Gasteiger partial charge in [-0.05, 0) is 79.2 Å². The van der Waals surface area contributed by atoms with Gasteiger partial charge in [-0.25, -0.2) is 4.57 Å². The van der Waals surface area contributed by atoms with Gasteiger partial charge in [0.15, 0.2) is 0 Å². The van der Waals surface area contributed by atoms with E-state index in [9.17, 15) is 4.57 Å². The fourth-order valence-electron chi connectivity index (χ4n) is 4.76. The molecule has 0 unspecified atom stereocenters. The van der Waals surface area contributed by atoms with Crippen molar-refractivity contribution in [1.29, 1.82) is 0 Å². The lowest BCUT2D eigenvalue weighted by molar-refractivity contribution is 0.153. The van der Waals surface area contributed by atoms with E-state index >= 15 is 0 Å². The van der Waals surface area contributed by atoms with Gasteiger partial charge in [0, 0.05) is 16.2 Å². The van der Waals surface area contributed by atoms with Crippen LogP contribution < -0.4 is 5.73 Å². The first-order valence-corrected chi connectivity index (χ1v) is 13.1. The van der Waals surface area contributed by atoms with Crippen molar-refractivity contribution in [3.8, 4) is 0 Å². The van der Waals surface area contributed by atoms with E-state index in [1.807, 2.05) is 11.8 Å². The van der Waals surface area contributed by atoms with E-state index in [2.05, 4.69) is 48.5 Å². The number of thioether (sulfide) groups is 1. The number of phosphoric ester groups is 1. The highest BCUT2D eigenvalue weighted by molar-refractivity contribution is 7.99. The predicted octanol–water partition coefficient (Wildman–Crippen LogP) is 4.66. The zero-order valence-corrected chi connectivity index (χ0v) is 18.8. The van der Waals surface area contributed by atoms with Crippen molar-refractivity contribution in [2.45, 2.75) is 54.9 Å². The summed E-state index contributed by atoms with van der Waals surface area (Å²) in [5.74, 6) is 2.19. The highest BCUT2D eigenvalue weighted by atomic mass is 32.2. The third-order valence-corrected chi connectivity index (χ3v) is 8.13. The first kappa shape index (κ1) is 22.1. The highest BCUT2D eigenvalue weighted by Gasteiger charge is 2.38. The van der Waals surface area contributed by atoms with Crippen molar-refractivity contribution >= 4 is 19.6 Å². The summed E-state index contributed by atoms with van der Waals surface area (Å²) in [6, 6.07) is 17.5. The Labute approximate surface area is 182 Å². The van der Waals surface area contributed by atoms with Gasteiger partial charge in [-0.2, -0.15) is 0 Å². The van der Waals surface area contributed by atoms with Crippen LogP contribution >= 0.6 is 19.6 Å². The van der Waals surface area contributed by atoms with Crippen LogP contribution in [0.3, 0.4) is 0 Å². The Kier molecular flexibility index (Phi) is 6.73. The van der Waals surface area contributed by atoms with Crippen molar-refractivity contribution in [2.75, 3.05) is 12.4 Å². The molecule has 2 aliphatic rings. The molecule has 1 saturated carbocycles. The molecule has 0 radical (unpaired) electrons. The number of hydrogen-bond donors (Lipinski definition) is 3. The summed E-state index contributed by atoms with van der Waals surface area (Å²) in [6.45, 7) is -0.0977. The molecule has 5 nitrogen and oxygen atoms in total. The van der Waals surface area contributed by atoms with Crippen molar-refractivity contribution in [2.24, 2.45) is 11.7 Å². The number of nitrogens with two attached hydrogens (primary N) is 1. The lowest BCUT2D eigenvalue weighted by Gasteiger charge is -2.26. The second-order valence-electron chi connectivity index (χ2n) is 8.83. The Balaban J connectivity index is 1.34. The maximum Gasteiger partial charge on any atom is 0.469 e. The number of benzene rings is 2. The van der Waals surface area contributed by atoms with Gasteiger partial charge in [0.25, 0.3) is 0 Å². The van der Waals surface area contributed by atoms with Crippen LogP contribution in [0.4, 0.5) is 0 Å². The monoisotopic (exact) mass is 447 g/mol. The molecule has 30 heavy (non-hydrogen) atoms. The molecule has 2 aromatic rings. The van der Waals surface area contributed by atoms with Crippen molar-refractivity contribution < 1.29 is 18.9 Å². The minimum absolute atomic E-state index is 0.0977. The van der Waals surface area contributed by atoms with Gasteiger partial charge >= 0.3 is 7.82 Å². The van der Waals surface area contributed by atoms with E-state index in [0.29, 0.717) is 24.7 Å². The molecule has 0 heterocycles. The highest BCUT2D eigenvalue weighted by Crippen LogP contribution is 2.44. The lowest BCUT2D eigenvalue weighted by Crippen LogP contribution is -2.41. The molecule has 4 rings (SSSR count). The number of phosphoric acid groups is 1. The molecule has 2 aliphatic carbocycles. The molecule has 0 aromatic heterocycles. The fraction of sp³-hybridized carbons (Fsp3) is 0.478. The van der Waals surface area contributed by atoms with Gasteiger partial charge in [0.1, 0.15) is 0 Å². The Morgan fingerprint density at radius 3 is 2.70 bits per heavy atom. The molecule has 7 heteroatoms. The van der Waals surface area contributed by atoms with Crippen molar-refractivity contribution in [3.05, 3.63) is 65.2 Å². The molecular weight excluding hydrogens is 417 g/mol. The van der Waals surface area contributed by atoms with Gasteiger partial charge in [-0.15, -0.1) is 11.8 Å². The quantitative estimate of drug-likeness (QED) is 0.422. The topological polar surface area (TPSA) is 92.8 Å². The Morgan fingerprint density at radius 1 is 1.13 bits per heavy atom. The summed E-state index contributed by atoms with van der Waals surface area (Å²) in [5, 5.41) is 0. The summed E-state index contributed by atoms with van der Waals surface area (Å²) < 4.78 is 15.7. The average Bonchev–Trinajstić information content (AvgIpc) is 3.13. The largest absolute Gasteiger partial charge is 0.469 e. The normalized spacial score (nSPS) is 26.5. The minimum Gasteiger partial charge on any atom is -0.323 e. The molecule has 3 atom stereocenters. The van der Waals surface area contributed by atoms with Crippen LogP contribution in [0, 0.1) is 5.92 Å². The fourth-order valence-corrected chi connectivity index (χ4v) is 6.25. The minimum atomic E-state index is -4.48.